The van der Waals surface area contributed by atoms with E-state index in [-0.39, 0.29) is 0 Å². The molecule has 30 heavy (non-hydrogen) atoms. The normalized spacial score (nSPS) is 10.8. The van der Waals surface area contributed by atoms with E-state index in [1.54, 1.807) is 74.9 Å². The first kappa shape index (κ1) is 20.7. The van der Waals surface area contributed by atoms with Crippen LogP contribution in [0.5, 0.6) is 17.2 Å². The van der Waals surface area contributed by atoms with E-state index in [0.717, 1.165) is 11.1 Å². The van der Waals surface area contributed by atoms with Crippen molar-refractivity contribution in [2.45, 2.75) is 6.92 Å². The van der Waals surface area contributed by atoms with Crippen molar-refractivity contribution in [2.24, 2.45) is 0 Å². The standard InChI is InChI=1S/C25H21NO4/c1-17-5-4-6-20(13-17)25(27)30-22-10-7-18(8-11-22)14-21(16-26)19-9-12-23(28-2)24(15-19)29-3/h4-15H,1-3H3/b21-14-. The van der Waals surface area contributed by atoms with Crippen LogP contribution < -0.4 is 14.2 Å². The van der Waals surface area contributed by atoms with Gasteiger partial charge in [0.25, 0.3) is 0 Å². The van der Waals surface area contributed by atoms with E-state index >= 15 is 0 Å². The molecule has 3 aromatic carbocycles. The molecule has 0 fully saturated rings. The van der Waals surface area contributed by atoms with Gasteiger partial charge in [0.2, 0.25) is 0 Å². The number of allylic oxidation sites excluding steroid dienone is 1. The van der Waals surface area contributed by atoms with Crippen LogP contribution >= 0.6 is 0 Å². The van der Waals surface area contributed by atoms with E-state index in [4.69, 9.17) is 14.2 Å². The second kappa shape index (κ2) is 9.44. The number of esters is 1. The van der Waals surface area contributed by atoms with Gasteiger partial charge in [0.05, 0.1) is 31.4 Å². The van der Waals surface area contributed by atoms with Crippen molar-refractivity contribution >= 4 is 17.6 Å². The summed E-state index contributed by atoms with van der Waals surface area (Å²) in [6.07, 6.45) is 1.76. The van der Waals surface area contributed by atoms with E-state index in [9.17, 15) is 10.1 Å². The SMILES string of the molecule is COc1ccc(/C(C#N)=C\c2ccc(OC(=O)c3cccc(C)c3)cc2)cc1OC. The quantitative estimate of drug-likeness (QED) is 0.244. The molecule has 0 aromatic heterocycles. The molecule has 150 valence electrons. The Bertz CT molecular complexity index is 1120. The first-order valence-corrected chi connectivity index (χ1v) is 9.27. The van der Waals surface area contributed by atoms with E-state index in [2.05, 4.69) is 6.07 Å². The minimum atomic E-state index is -0.412. The van der Waals surface area contributed by atoms with Gasteiger partial charge in [-0.15, -0.1) is 0 Å². The van der Waals surface area contributed by atoms with E-state index in [1.807, 2.05) is 19.1 Å². The Hall–Kier alpha value is -4.04. The lowest BCUT2D eigenvalue weighted by Gasteiger charge is -2.09. The Morgan fingerprint density at radius 1 is 0.900 bits per heavy atom. The fourth-order valence-corrected chi connectivity index (χ4v) is 2.92. The summed E-state index contributed by atoms with van der Waals surface area (Å²) < 4.78 is 16.0. The first-order chi connectivity index (χ1) is 14.5. The lowest BCUT2D eigenvalue weighted by molar-refractivity contribution is 0.0734. The second-order valence-corrected chi connectivity index (χ2v) is 6.57. The Labute approximate surface area is 175 Å². The number of nitriles is 1. The molecule has 3 rings (SSSR count). The molecule has 5 heteroatoms. The zero-order valence-corrected chi connectivity index (χ0v) is 17.0. The number of methoxy groups -OCH3 is 2. The number of benzene rings is 3. The molecule has 0 aliphatic carbocycles. The summed E-state index contributed by atoms with van der Waals surface area (Å²) in [6.45, 7) is 1.92. The van der Waals surface area contributed by atoms with Gasteiger partial charge in [-0.1, -0.05) is 29.8 Å². The number of nitrogens with zero attached hydrogens (tertiary/aromatic N) is 1. The predicted octanol–water partition coefficient (Wildman–Crippen LogP) is 5.30. The molecule has 0 heterocycles. The smallest absolute Gasteiger partial charge is 0.343 e. The summed E-state index contributed by atoms with van der Waals surface area (Å²) in [7, 11) is 3.11. The van der Waals surface area contributed by atoms with Gasteiger partial charge in [-0.25, -0.2) is 4.79 Å². The number of ether oxygens (including phenoxy) is 3. The highest BCUT2D eigenvalue weighted by atomic mass is 16.5. The molecular formula is C25H21NO4. The van der Waals surface area contributed by atoms with Gasteiger partial charge in [-0.05, 0) is 66.6 Å². The first-order valence-electron chi connectivity index (χ1n) is 9.27. The molecule has 0 radical (unpaired) electrons. The van der Waals surface area contributed by atoms with Crippen LogP contribution in [0.15, 0.2) is 66.7 Å². The summed E-state index contributed by atoms with van der Waals surface area (Å²) in [5, 5.41) is 9.59. The third-order valence-electron chi connectivity index (χ3n) is 4.47. The Morgan fingerprint density at radius 2 is 1.63 bits per heavy atom. The summed E-state index contributed by atoms with van der Waals surface area (Å²) in [5.41, 5.74) is 3.48. The number of carbonyl (C=O) groups excluding carboxylic acids is 1. The van der Waals surface area contributed by atoms with Crippen LogP contribution in [0, 0.1) is 18.3 Å². The molecular weight excluding hydrogens is 378 g/mol. The van der Waals surface area contributed by atoms with Crippen molar-refractivity contribution < 1.29 is 19.0 Å². The van der Waals surface area contributed by atoms with Crippen molar-refractivity contribution in [3.63, 3.8) is 0 Å². The van der Waals surface area contributed by atoms with Crippen LogP contribution in [0.25, 0.3) is 11.6 Å². The van der Waals surface area contributed by atoms with Crippen LogP contribution in [0.2, 0.25) is 0 Å². The Balaban J connectivity index is 1.79. The number of hydrogen-bond acceptors (Lipinski definition) is 5. The third kappa shape index (κ3) is 4.86. The predicted molar refractivity (Wildman–Crippen MR) is 116 cm³/mol. The van der Waals surface area contributed by atoms with Crippen LogP contribution in [-0.4, -0.2) is 20.2 Å². The molecule has 3 aromatic rings. The number of aryl methyl sites for hydroxylation is 1. The molecule has 0 aliphatic heterocycles. The molecule has 0 amide bonds. The molecule has 0 saturated heterocycles. The minimum Gasteiger partial charge on any atom is -0.493 e. The average molecular weight is 399 g/mol. The van der Waals surface area contributed by atoms with Gasteiger partial charge in [0.15, 0.2) is 11.5 Å². The van der Waals surface area contributed by atoms with Gasteiger partial charge in [-0.3, -0.25) is 0 Å². The van der Waals surface area contributed by atoms with Crippen molar-refractivity contribution in [1.29, 1.82) is 5.26 Å². The van der Waals surface area contributed by atoms with Crippen molar-refractivity contribution in [1.82, 2.24) is 0 Å². The highest BCUT2D eigenvalue weighted by Crippen LogP contribution is 2.31. The Morgan fingerprint density at radius 3 is 2.27 bits per heavy atom. The highest BCUT2D eigenvalue weighted by molar-refractivity contribution is 5.92. The molecule has 0 spiro atoms. The maximum absolute atomic E-state index is 12.3. The van der Waals surface area contributed by atoms with Gasteiger partial charge in [0.1, 0.15) is 5.75 Å². The molecule has 0 unspecified atom stereocenters. The van der Waals surface area contributed by atoms with Gasteiger partial charge >= 0.3 is 5.97 Å². The van der Waals surface area contributed by atoms with Crippen molar-refractivity contribution in [2.75, 3.05) is 14.2 Å². The third-order valence-corrected chi connectivity index (χ3v) is 4.47. The molecule has 0 atom stereocenters. The van der Waals surface area contributed by atoms with Gasteiger partial charge in [0, 0.05) is 0 Å². The summed E-state index contributed by atoms with van der Waals surface area (Å²) in [5.74, 6) is 1.17. The molecule has 0 bridgehead atoms. The van der Waals surface area contributed by atoms with Crippen LogP contribution in [0.4, 0.5) is 0 Å². The van der Waals surface area contributed by atoms with Crippen molar-refractivity contribution in [3.05, 3.63) is 89.0 Å². The number of rotatable bonds is 6. The second-order valence-electron chi connectivity index (χ2n) is 6.57. The minimum absolute atomic E-state index is 0.412. The van der Waals surface area contributed by atoms with E-state index in [1.165, 1.54) is 0 Å². The maximum atomic E-state index is 12.3. The molecule has 5 nitrogen and oxygen atoms in total. The van der Waals surface area contributed by atoms with Crippen LogP contribution in [-0.2, 0) is 0 Å². The monoisotopic (exact) mass is 399 g/mol. The van der Waals surface area contributed by atoms with Gasteiger partial charge in [-0.2, -0.15) is 5.26 Å². The molecule has 0 saturated carbocycles. The zero-order chi connectivity index (χ0) is 21.5. The van der Waals surface area contributed by atoms with Crippen LogP contribution in [0.1, 0.15) is 27.0 Å². The lowest BCUT2D eigenvalue weighted by atomic mass is 10.0. The maximum Gasteiger partial charge on any atom is 0.343 e. The van der Waals surface area contributed by atoms with E-state index in [0.29, 0.717) is 33.9 Å². The Kier molecular flexibility index (Phi) is 6.51. The van der Waals surface area contributed by atoms with E-state index < -0.39 is 5.97 Å². The molecule has 0 N–H and O–H groups in total. The average Bonchev–Trinajstić information content (AvgIpc) is 2.78. The fourth-order valence-electron chi connectivity index (χ4n) is 2.92. The summed E-state index contributed by atoms with van der Waals surface area (Å²) in [4.78, 5) is 12.3. The number of hydrogen-bond donors (Lipinski definition) is 0. The van der Waals surface area contributed by atoms with Crippen LogP contribution in [0.3, 0.4) is 0 Å². The highest BCUT2D eigenvalue weighted by Gasteiger charge is 2.10. The van der Waals surface area contributed by atoms with Gasteiger partial charge < -0.3 is 14.2 Å². The summed E-state index contributed by atoms with van der Waals surface area (Å²) in [6, 6.07) is 21.7. The topological polar surface area (TPSA) is 68.5 Å². The lowest BCUT2D eigenvalue weighted by Crippen LogP contribution is -2.08. The molecule has 0 aliphatic rings. The number of carbonyl (C=O) groups is 1. The van der Waals surface area contributed by atoms with Crippen molar-refractivity contribution in [3.8, 4) is 23.3 Å². The summed E-state index contributed by atoms with van der Waals surface area (Å²) >= 11 is 0. The zero-order valence-electron chi connectivity index (χ0n) is 17.0. The largest absolute Gasteiger partial charge is 0.493 e. The fraction of sp³-hybridized carbons (Fsp3) is 0.120.